The van der Waals surface area contributed by atoms with Crippen LogP contribution in [0.1, 0.15) is 29.5 Å². The number of hydrogen-bond acceptors (Lipinski definition) is 6. The maximum absolute atomic E-state index is 4.45. The van der Waals surface area contributed by atoms with Crippen LogP contribution >= 0.6 is 0 Å². The zero-order valence-corrected chi connectivity index (χ0v) is 21.1. The van der Waals surface area contributed by atoms with Crippen molar-refractivity contribution in [3.05, 3.63) is 71.3 Å². The van der Waals surface area contributed by atoms with Crippen molar-refractivity contribution in [2.75, 3.05) is 57.7 Å². The molecule has 0 bridgehead atoms. The second kappa shape index (κ2) is 14.0. The predicted octanol–water partition coefficient (Wildman–Crippen LogP) is 3.36. The lowest BCUT2D eigenvalue weighted by Gasteiger charge is -2.23. The van der Waals surface area contributed by atoms with E-state index < -0.39 is 0 Å². The Kier molecular flexibility index (Phi) is 10.2. The number of nitrogens with zero attached hydrogens (tertiary/aromatic N) is 2. The van der Waals surface area contributed by atoms with Gasteiger partial charge in [0.25, 0.3) is 0 Å². The Hall–Kier alpha value is -2.71. The monoisotopic (exact) mass is 475 g/mol. The summed E-state index contributed by atoms with van der Waals surface area (Å²) in [7, 11) is 0. The second-order valence-corrected chi connectivity index (χ2v) is 9.44. The van der Waals surface area contributed by atoms with Gasteiger partial charge in [0.15, 0.2) is 0 Å². The summed E-state index contributed by atoms with van der Waals surface area (Å²) in [5.74, 6) is 0.870. The Morgan fingerprint density at radius 1 is 0.800 bits per heavy atom. The van der Waals surface area contributed by atoms with Gasteiger partial charge in [0.2, 0.25) is 0 Å². The molecule has 0 unspecified atom stereocenters. The van der Waals surface area contributed by atoms with Crippen LogP contribution < -0.4 is 21.3 Å². The molecule has 5 N–H and O–H groups in total. The van der Waals surface area contributed by atoms with Crippen LogP contribution in [0.2, 0.25) is 0 Å². The quantitative estimate of drug-likeness (QED) is 0.376. The van der Waals surface area contributed by atoms with Gasteiger partial charge in [-0.05, 0) is 62.6 Å². The summed E-state index contributed by atoms with van der Waals surface area (Å²) in [6.45, 7) is 12.4. The van der Waals surface area contributed by atoms with Gasteiger partial charge in [-0.2, -0.15) is 5.10 Å². The molecule has 1 aliphatic heterocycles. The summed E-state index contributed by atoms with van der Waals surface area (Å²) in [6, 6.07) is 19.5. The van der Waals surface area contributed by atoms with E-state index in [1.165, 1.54) is 29.5 Å². The van der Waals surface area contributed by atoms with Crippen LogP contribution in [0.25, 0.3) is 11.3 Å². The van der Waals surface area contributed by atoms with Crippen molar-refractivity contribution in [3.63, 3.8) is 0 Å². The predicted molar refractivity (Wildman–Crippen MR) is 146 cm³/mol. The Balaban J connectivity index is 1.29. The average Bonchev–Trinajstić information content (AvgIpc) is 3.35. The van der Waals surface area contributed by atoms with Gasteiger partial charge < -0.3 is 21.3 Å². The summed E-state index contributed by atoms with van der Waals surface area (Å²) in [5.41, 5.74) is 6.08. The van der Waals surface area contributed by atoms with E-state index in [0.717, 1.165) is 82.5 Å². The van der Waals surface area contributed by atoms with Crippen LogP contribution in [0, 0.1) is 6.92 Å². The average molecular weight is 476 g/mol. The number of H-pyrrole nitrogens is 1. The molecule has 0 atom stereocenters. The number of aromatic nitrogens is 2. The number of hydrogen-bond donors (Lipinski definition) is 5. The molecule has 35 heavy (non-hydrogen) atoms. The largest absolute Gasteiger partial charge is 0.365 e. The van der Waals surface area contributed by atoms with Gasteiger partial charge in [0.05, 0.1) is 5.69 Å². The molecule has 0 saturated carbocycles. The molecule has 2 aromatic carbocycles. The fraction of sp³-hybridized carbons (Fsp3) is 0.464. The lowest BCUT2D eigenvalue weighted by atomic mass is 10.1. The normalized spacial score (nSPS) is 17.1. The second-order valence-electron chi connectivity index (χ2n) is 9.44. The highest BCUT2D eigenvalue weighted by Gasteiger charge is 2.08. The summed E-state index contributed by atoms with van der Waals surface area (Å²) in [5, 5.41) is 21.7. The SMILES string of the molecule is Cc1ccc(-c2cc(NCc3cccc(CN4CCCNCCNCCCNCC4)c3)n[nH]2)cc1. The third kappa shape index (κ3) is 8.78. The molecule has 188 valence electrons. The molecule has 4 rings (SSSR count). The number of rotatable bonds is 6. The first kappa shape index (κ1) is 25.4. The minimum atomic E-state index is 0.755. The molecule has 2 heterocycles. The van der Waals surface area contributed by atoms with Crippen molar-refractivity contribution in [2.45, 2.75) is 32.9 Å². The highest BCUT2D eigenvalue weighted by Crippen LogP contribution is 2.20. The molecular formula is C28H41N7. The Morgan fingerprint density at radius 2 is 1.54 bits per heavy atom. The van der Waals surface area contributed by atoms with E-state index in [4.69, 9.17) is 0 Å². The molecule has 3 aromatic rings. The molecule has 0 aliphatic carbocycles. The number of aryl methyl sites for hydroxylation is 1. The van der Waals surface area contributed by atoms with Crippen molar-refractivity contribution in [3.8, 4) is 11.3 Å². The van der Waals surface area contributed by atoms with Crippen molar-refractivity contribution >= 4 is 5.82 Å². The van der Waals surface area contributed by atoms with E-state index in [9.17, 15) is 0 Å². The molecule has 1 aromatic heterocycles. The molecule has 1 aliphatic rings. The topological polar surface area (TPSA) is 80.0 Å². The smallest absolute Gasteiger partial charge is 0.148 e. The highest BCUT2D eigenvalue weighted by molar-refractivity contribution is 5.63. The number of benzene rings is 2. The third-order valence-corrected chi connectivity index (χ3v) is 6.43. The van der Waals surface area contributed by atoms with Gasteiger partial charge in [-0.3, -0.25) is 10.00 Å². The highest BCUT2D eigenvalue weighted by atomic mass is 15.2. The van der Waals surface area contributed by atoms with Crippen LogP contribution in [0.4, 0.5) is 5.82 Å². The lowest BCUT2D eigenvalue weighted by Crippen LogP contribution is -2.36. The summed E-state index contributed by atoms with van der Waals surface area (Å²) >= 11 is 0. The summed E-state index contributed by atoms with van der Waals surface area (Å²) in [4.78, 5) is 2.58. The summed E-state index contributed by atoms with van der Waals surface area (Å²) < 4.78 is 0. The Bertz CT molecular complexity index is 985. The van der Waals surface area contributed by atoms with Gasteiger partial charge in [-0.25, -0.2) is 0 Å². The Labute approximate surface area is 210 Å². The first-order valence-electron chi connectivity index (χ1n) is 13.0. The standard InChI is InChI=1S/C28H41N7/c1-23-7-9-26(10-8-23)27-20-28(34-33-27)32-21-24-5-2-6-25(19-24)22-35-17-4-13-30-15-14-29-11-3-12-31-16-18-35/h2,5-10,19-20,29-31H,3-4,11-18,21-22H2,1H3,(H2,32,33,34). The van der Waals surface area contributed by atoms with Gasteiger partial charge in [-0.1, -0.05) is 54.1 Å². The van der Waals surface area contributed by atoms with E-state index in [1.54, 1.807) is 0 Å². The number of nitrogens with one attached hydrogen (secondary N) is 5. The van der Waals surface area contributed by atoms with Gasteiger partial charge in [0.1, 0.15) is 5.82 Å². The third-order valence-electron chi connectivity index (χ3n) is 6.43. The maximum Gasteiger partial charge on any atom is 0.148 e. The van der Waals surface area contributed by atoms with Gasteiger partial charge in [-0.15, -0.1) is 0 Å². The van der Waals surface area contributed by atoms with Crippen LogP contribution in [-0.2, 0) is 13.1 Å². The molecule has 1 fully saturated rings. The number of aromatic amines is 1. The van der Waals surface area contributed by atoms with E-state index in [2.05, 4.69) is 97.9 Å². The van der Waals surface area contributed by atoms with Crippen LogP contribution in [0.3, 0.4) is 0 Å². The maximum atomic E-state index is 4.45. The molecule has 7 nitrogen and oxygen atoms in total. The first-order valence-corrected chi connectivity index (χ1v) is 13.0. The van der Waals surface area contributed by atoms with Crippen molar-refractivity contribution < 1.29 is 0 Å². The van der Waals surface area contributed by atoms with Crippen LogP contribution in [-0.4, -0.2) is 67.5 Å². The molecular weight excluding hydrogens is 434 g/mol. The zero-order chi connectivity index (χ0) is 24.1. The molecule has 0 amide bonds. The van der Waals surface area contributed by atoms with Crippen molar-refractivity contribution in [2.24, 2.45) is 0 Å². The minimum Gasteiger partial charge on any atom is -0.365 e. The van der Waals surface area contributed by atoms with Crippen molar-refractivity contribution in [1.29, 1.82) is 0 Å². The fourth-order valence-corrected chi connectivity index (χ4v) is 4.41. The number of anilines is 1. The minimum absolute atomic E-state index is 0.755. The molecule has 0 radical (unpaired) electrons. The van der Waals surface area contributed by atoms with E-state index >= 15 is 0 Å². The van der Waals surface area contributed by atoms with Crippen molar-refractivity contribution in [1.82, 2.24) is 31.0 Å². The molecule has 7 heteroatoms. The van der Waals surface area contributed by atoms with Gasteiger partial charge >= 0.3 is 0 Å². The lowest BCUT2D eigenvalue weighted by molar-refractivity contribution is 0.260. The van der Waals surface area contributed by atoms with Crippen LogP contribution in [0.15, 0.2) is 54.6 Å². The van der Waals surface area contributed by atoms with E-state index in [-0.39, 0.29) is 0 Å². The van der Waals surface area contributed by atoms with E-state index in [0.29, 0.717) is 0 Å². The fourth-order valence-electron chi connectivity index (χ4n) is 4.41. The summed E-state index contributed by atoms with van der Waals surface area (Å²) in [6.07, 6.45) is 2.35. The molecule has 0 spiro atoms. The zero-order valence-electron chi connectivity index (χ0n) is 21.1. The Morgan fingerprint density at radius 3 is 2.37 bits per heavy atom. The first-order chi connectivity index (χ1) is 17.3. The molecule has 1 saturated heterocycles. The van der Waals surface area contributed by atoms with Crippen LogP contribution in [0.5, 0.6) is 0 Å². The van der Waals surface area contributed by atoms with Gasteiger partial charge in [0, 0.05) is 45.3 Å². The van der Waals surface area contributed by atoms with E-state index in [1.807, 2.05) is 0 Å².